The molecule has 1 aromatic carbocycles. The second kappa shape index (κ2) is 4.26. The molecule has 0 N–H and O–H groups in total. The highest BCUT2D eigenvalue weighted by Crippen LogP contribution is 2.37. The fourth-order valence-electron chi connectivity index (χ4n) is 2.06. The highest BCUT2D eigenvalue weighted by molar-refractivity contribution is 9.10. The van der Waals surface area contributed by atoms with Crippen molar-refractivity contribution in [3.05, 3.63) is 35.9 Å². The third kappa shape index (κ3) is 2.61. The Bertz CT molecular complexity index is 315. The first-order chi connectivity index (χ1) is 7.07. The van der Waals surface area contributed by atoms with Crippen molar-refractivity contribution in [3.63, 3.8) is 0 Å². The van der Waals surface area contributed by atoms with E-state index in [2.05, 4.69) is 60.1 Å². The first-order valence-electron chi connectivity index (χ1n) is 5.43. The SMILES string of the molecule is CC(C)(Br)[C@@H]1C[C@H](c2ccccc2)CO1. The lowest BCUT2D eigenvalue weighted by atomic mass is 9.93. The molecule has 82 valence electrons. The lowest BCUT2D eigenvalue weighted by Gasteiger charge is -2.23. The molecule has 2 rings (SSSR count). The van der Waals surface area contributed by atoms with Gasteiger partial charge in [0, 0.05) is 10.2 Å². The van der Waals surface area contributed by atoms with E-state index in [-0.39, 0.29) is 4.32 Å². The standard InChI is InChI=1S/C13H17BrO/c1-13(2,14)12-8-11(9-15-12)10-6-4-3-5-7-10/h3-7,11-12H,8-9H2,1-2H3/t11-,12-/m0/s1. The van der Waals surface area contributed by atoms with Gasteiger partial charge < -0.3 is 4.74 Å². The maximum Gasteiger partial charge on any atom is 0.0729 e. The van der Waals surface area contributed by atoms with E-state index in [1.54, 1.807) is 0 Å². The maximum absolute atomic E-state index is 5.84. The number of rotatable bonds is 2. The van der Waals surface area contributed by atoms with Crippen LogP contribution in [0.1, 0.15) is 31.7 Å². The van der Waals surface area contributed by atoms with E-state index in [1.807, 2.05) is 0 Å². The summed E-state index contributed by atoms with van der Waals surface area (Å²) in [6, 6.07) is 10.6. The van der Waals surface area contributed by atoms with Gasteiger partial charge in [-0.25, -0.2) is 0 Å². The van der Waals surface area contributed by atoms with Gasteiger partial charge in [-0.3, -0.25) is 0 Å². The quantitative estimate of drug-likeness (QED) is 0.743. The highest BCUT2D eigenvalue weighted by atomic mass is 79.9. The van der Waals surface area contributed by atoms with Gasteiger partial charge in [-0.2, -0.15) is 0 Å². The smallest absolute Gasteiger partial charge is 0.0729 e. The Morgan fingerprint density at radius 3 is 2.47 bits per heavy atom. The molecule has 1 saturated heterocycles. The molecule has 0 spiro atoms. The van der Waals surface area contributed by atoms with Gasteiger partial charge in [0.05, 0.1) is 12.7 Å². The number of hydrogen-bond donors (Lipinski definition) is 0. The van der Waals surface area contributed by atoms with Gasteiger partial charge in [0.25, 0.3) is 0 Å². The zero-order valence-corrected chi connectivity index (χ0v) is 10.8. The summed E-state index contributed by atoms with van der Waals surface area (Å²) >= 11 is 3.68. The average molecular weight is 269 g/mol. The molecule has 15 heavy (non-hydrogen) atoms. The van der Waals surface area contributed by atoms with E-state index in [4.69, 9.17) is 4.74 Å². The Balaban J connectivity index is 2.05. The van der Waals surface area contributed by atoms with Crippen molar-refractivity contribution < 1.29 is 4.74 Å². The minimum Gasteiger partial charge on any atom is -0.376 e. The van der Waals surface area contributed by atoms with Crippen LogP contribution in [0, 0.1) is 0 Å². The second-order valence-electron chi connectivity index (χ2n) is 4.73. The van der Waals surface area contributed by atoms with Crippen molar-refractivity contribution in [2.24, 2.45) is 0 Å². The Hall–Kier alpha value is -0.340. The topological polar surface area (TPSA) is 9.23 Å². The second-order valence-corrected chi connectivity index (χ2v) is 6.77. The summed E-state index contributed by atoms with van der Waals surface area (Å²) in [6.45, 7) is 5.19. The van der Waals surface area contributed by atoms with Gasteiger partial charge in [-0.1, -0.05) is 46.3 Å². The summed E-state index contributed by atoms with van der Waals surface area (Å²) < 4.78 is 5.92. The monoisotopic (exact) mass is 268 g/mol. The van der Waals surface area contributed by atoms with Crippen molar-refractivity contribution in [2.45, 2.75) is 36.6 Å². The van der Waals surface area contributed by atoms with E-state index in [9.17, 15) is 0 Å². The summed E-state index contributed by atoms with van der Waals surface area (Å²) in [4.78, 5) is 0. The molecule has 1 aliphatic rings. The summed E-state index contributed by atoms with van der Waals surface area (Å²) in [5.74, 6) is 0.563. The Morgan fingerprint density at radius 1 is 1.27 bits per heavy atom. The number of ether oxygens (including phenoxy) is 1. The van der Waals surface area contributed by atoms with Crippen LogP contribution in [0.15, 0.2) is 30.3 Å². The lowest BCUT2D eigenvalue weighted by molar-refractivity contribution is 0.0890. The van der Waals surface area contributed by atoms with E-state index in [1.165, 1.54) is 5.56 Å². The minimum absolute atomic E-state index is 0.0799. The zero-order valence-electron chi connectivity index (χ0n) is 9.24. The van der Waals surface area contributed by atoms with Gasteiger partial charge in [0.1, 0.15) is 0 Å². The first kappa shape index (κ1) is 11.2. The van der Waals surface area contributed by atoms with E-state index in [0.717, 1.165) is 13.0 Å². The van der Waals surface area contributed by atoms with Crippen LogP contribution < -0.4 is 0 Å². The van der Waals surface area contributed by atoms with Gasteiger partial charge in [0.2, 0.25) is 0 Å². The lowest BCUT2D eigenvalue weighted by Crippen LogP contribution is -2.28. The van der Waals surface area contributed by atoms with Crippen molar-refractivity contribution in [1.29, 1.82) is 0 Å². The van der Waals surface area contributed by atoms with Crippen LogP contribution in [0.2, 0.25) is 0 Å². The molecule has 1 fully saturated rings. The molecule has 1 nitrogen and oxygen atoms in total. The van der Waals surface area contributed by atoms with Crippen LogP contribution in [0.4, 0.5) is 0 Å². The Kier molecular flexibility index (Phi) is 3.17. The average Bonchev–Trinajstić information content (AvgIpc) is 2.67. The molecule has 0 aliphatic carbocycles. The molecule has 2 atom stereocenters. The first-order valence-corrected chi connectivity index (χ1v) is 6.22. The van der Waals surface area contributed by atoms with Crippen LogP contribution in [0.5, 0.6) is 0 Å². The molecular formula is C13H17BrO. The van der Waals surface area contributed by atoms with Crippen molar-refractivity contribution >= 4 is 15.9 Å². The molecule has 0 saturated carbocycles. The van der Waals surface area contributed by atoms with E-state index >= 15 is 0 Å². The third-order valence-corrected chi connectivity index (χ3v) is 3.54. The minimum atomic E-state index is 0.0799. The predicted molar refractivity (Wildman–Crippen MR) is 66.5 cm³/mol. The normalized spacial score (nSPS) is 26.9. The fourth-order valence-corrected chi connectivity index (χ4v) is 2.38. The third-order valence-electron chi connectivity index (χ3n) is 3.03. The summed E-state index contributed by atoms with van der Waals surface area (Å²) in [5, 5.41) is 0. The van der Waals surface area contributed by atoms with Gasteiger partial charge in [-0.15, -0.1) is 0 Å². The summed E-state index contributed by atoms with van der Waals surface area (Å²) in [6.07, 6.45) is 1.44. The van der Waals surface area contributed by atoms with Gasteiger partial charge >= 0.3 is 0 Å². The molecule has 1 aliphatic heterocycles. The molecule has 0 unspecified atom stereocenters. The van der Waals surface area contributed by atoms with Crippen molar-refractivity contribution in [3.8, 4) is 0 Å². The van der Waals surface area contributed by atoms with Crippen molar-refractivity contribution in [1.82, 2.24) is 0 Å². The molecule has 0 radical (unpaired) electrons. The number of benzene rings is 1. The van der Waals surface area contributed by atoms with E-state index < -0.39 is 0 Å². The summed E-state index contributed by atoms with van der Waals surface area (Å²) in [5.41, 5.74) is 1.40. The molecule has 0 amide bonds. The van der Waals surface area contributed by atoms with Crippen LogP contribution >= 0.6 is 15.9 Å². The number of halogens is 1. The van der Waals surface area contributed by atoms with Gasteiger partial charge in [-0.05, 0) is 25.8 Å². The Labute approximate surface area is 100.0 Å². The maximum atomic E-state index is 5.84. The number of alkyl halides is 1. The highest BCUT2D eigenvalue weighted by Gasteiger charge is 2.35. The Morgan fingerprint density at radius 2 is 1.93 bits per heavy atom. The summed E-state index contributed by atoms with van der Waals surface area (Å²) in [7, 11) is 0. The fraction of sp³-hybridized carbons (Fsp3) is 0.538. The van der Waals surface area contributed by atoms with Crippen LogP contribution in [0.25, 0.3) is 0 Å². The van der Waals surface area contributed by atoms with Crippen LogP contribution in [-0.2, 0) is 4.74 Å². The van der Waals surface area contributed by atoms with Crippen LogP contribution in [0.3, 0.4) is 0 Å². The van der Waals surface area contributed by atoms with Crippen molar-refractivity contribution in [2.75, 3.05) is 6.61 Å². The largest absolute Gasteiger partial charge is 0.376 e. The molecular weight excluding hydrogens is 252 g/mol. The van der Waals surface area contributed by atoms with Crippen LogP contribution in [-0.4, -0.2) is 17.0 Å². The molecule has 0 bridgehead atoms. The van der Waals surface area contributed by atoms with Gasteiger partial charge in [0.15, 0.2) is 0 Å². The van der Waals surface area contributed by atoms with E-state index in [0.29, 0.717) is 12.0 Å². The number of hydrogen-bond acceptors (Lipinski definition) is 1. The molecule has 2 heteroatoms. The molecule has 1 aromatic rings. The molecule has 1 heterocycles. The molecule has 0 aromatic heterocycles. The predicted octanol–water partition coefficient (Wildman–Crippen LogP) is 3.73. The zero-order chi connectivity index (χ0) is 10.9.